The van der Waals surface area contributed by atoms with Crippen LogP contribution in [0.4, 0.5) is 11.8 Å². The van der Waals surface area contributed by atoms with Gasteiger partial charge in [-0.3, -0.25) is 5.10 Å². The lowest BCUT2D eigenvalue weighted by Crippen LogP contribution is -2.35. The van der Waals surface area contributed by atoms with Crippen molar-refractivity contribution >= 4 is 33.3 Å². The van der Waals surface area contributed by atoms with Crippen LogP contribution in [0.15, 0.2) is 23.7 Å². The van der Waals surface area contributed by atoms with E-state index >= 15 is 0 Å². The van der Waals surface area contributed by atoms with E-state index in [4.69, 9.17) is 5.73 Å². The third kappa shape index (κ3) is 2.23. The highest BCUT2D eigenvalue weighted by Crippen LogP contribution is 2.34. The summed E-state index contributed by atoms with van der Waals surface area (Å²) in [6.45, 7) is 1.94. The summed E-state index contributed by atoms with van der Waals surface area (Å²) in [7, 11) is 0. The number of fused-ring (bicyclic) bond motifs is 1. The van der Waals surface area contributed by atoms with Gasteiger partial charge in [-0.15, -0.1) is 11.3 Å². The molecular formula is C14H16N6S. The van der Waals surface area contributed by atoms with Gasteiger partial charge in [0.25, 0.3) is 0 Å². The van der Waals surface area contributed by atoms with Crippen molar-refractivity contribution < 1.29 is 0 Å². The SMILES string of the molecule is Nc1nc(N2CCCC(c3ccn[nH]3)C2)c2sccc2n1. The van der Waals surface area contributed by atoms with Gasteiger partial charge in [-0.2, -0.15) is 10.1 Å². The van der Waals surface area contributed by atoms with Crippen LogP contribution in [0.2, 0.25) is 0 Å². The van der Waals surface area contributed by atoms with E-state index < -0.39 is 0 Å². The van der Waals surface area contributed by atoms with Crippen molar-refractivity contribution in [1.82, 2.24) is 20.2 Å². The Morgan fingerprint density at radius 3 is 3.14 bits per heavy atom. The molecule has 0 radical (unpaired) electrons. The number of aromatic amines is 1. The fourth-order valence-corrected chi connectivity index (χ4v) is 3.84. The average molecular weight is 300 g/mol. The summed E-state index contributed by atoms with van der Waals surface area (Å²) in [6.07, 6.45) is 4.13. The molecule has 1 saturated heterocycles. The predicted molar refractivity (Wildman–Crippen MR) is 84.6 cm³/mol. The molecule has 4 heterocycles. The number of hydrogen-bond acceptors (Lipinski definition) is 6. The number of piperidine rings is 1. The maximum absolute atomic E-state index is 5.86. The molecular weight excluding hydrogens is 284 g/mol. The Hall–Kier alpha value is -2.15. The minimum atomic E-state index is 0.347. The van der Waals surface area contributed by atoms with E-state index in [1.54, 1.807) is 11.3 Å². The van der Waals surface area contributed by atoms with Gasteiger partial charge >= 0.3 is 0 Å². The van der Waals surface area contributed by atoms with Crippen LogP contribution in [0.3, 0.4) is 0 Å². The third-order valence-corrected chi connectivity index (χ3v) is 4.89. The molecule has 0 saturated carbocycles. The van der Waals surface area contributed by atoms with Gasteiger partial charge in [-0.25, -0.2) is 4.98 Å². The second-order valence-electron chi connectivity index (χ2n) is 5.34. The molecule has 0 amide bonds. The molecule has 6 nitrogen and oxygen atoms in total. The number of nitrogen functional groups attached to an aromatic ring is 1. The van der Waals surface area contributed by atoms with Gasteiger partial charge in [0.2, 0.25) is 5.95 Å². The molecule has 0 spiro atoms. The fourth-order valence-electron chi connectivity index (χ4n) is 3.00. The predicted octanol–water partition coefficient (Wildman–Crippen LogP) is 2.38. The number of rotatable bonds is 2. The maximum Gasteiger partial charge on any atom is 0.222 e. The first-order chi connectivity index (χ1) is 10.3. The van der Waals surface area contributed by atoms with Crippen molar-refractivity contribution in [2.45, 2.75) is 18.8 Å². The van der Waals surface area contributed by atoms with Crippen LogP contribution in [0.1, 0.15) is 24.5 Å². The number of aromatic nitrogens is 4. The smallest absolute Gasteiger partial charge is 0.222 e. The quantitative estimate of drug-likeness (QED) is 0.759. The van der Waals surface area contributed by atoms with Gasteiger partial charge in [0.1, 0.15) is 0 Å². The molecule has 3 N–H and O–H groups in total. The number of nitrogens with zero attached hydrogens (tertiary/aromatic N) is 4. The van der Waals surface area contributed by atoms with Crippen LogP contribution in [0.5, 0.6) is 0 Å². The Bertz CT molecular complexity index is 750. The lowest BCUT2D eigenvalue weighted by atomic mass is 9.95. The summed E-state index contributed by atoms with van der Waals surface area (Å²) in [5, 5.41) is 9.20. The topological polar surface area (TPSA) is 83.7 Å². The lowest BCUT2D eigenvalue weighted by Gasteiger charge is -2.33. The Labute approximate surface area is 126 Å². The molecule has 3 aromatic heterocycles. The molecule has 3 aromatic rings. The van der Waals surface area contributed by atoms with Gasteiger partial charge in [0, 0.05) is 30.9 Å². The molecule has 0 aromatic carbocycles. The van der Waals surface area contributed by atoms with E-state index in [0.717, 1.165) is 35.5 Å². The number of anilines is 2. The van der Waals surface area contributed by atoms with E-state index in [1.165, 1.54) is 12.1 Å². The molecule has 0 aliphatic carbocycles. The van der Waals surface area contributed by atoms with Crippen LogP contribution in [-0.2, 0) is 0 Å². The first kappa shape index (κ1) is 12.6. The van der Waals surface area contributed by atoms with Crippen molar-refractivity contribution in [2.24, 2.45) is 0 Å². The molecule has 1 fully saturated rings. The molecule has 7 heteroatoms. The van der Waals surface area contributed by atoms with Crippen LogP contribution in [0.25, 0.3) is 10.2 Å². The molecule has 108 valence electrons. The number of hydrogen-bond donors (Lipinski definition) is 2. The minimum Gasteiger partial charge on any atom is -0.368 e. The highest BCUT2D eigenvalue weighted by atomic mass is 32.1. The Balaban J connectivity index is 1.70. The normalized spacial score (nSPS) is 19.2. The van der Waals surface area contributed by atoms with E-state index in [2.05, 4.69) is 31.1 Å². The highest BCUT2D eigenvalue weighted by Gasteiger charge is 2.25. The monoisotopic (exact) mass is 300 g/mol. The number of nitrogens with two attached hydrogens (primary N) is 1. The van der Waals surface area contributed by atoms with Gasteiger partial charge in [0.15, 0.2) is 5.82 Å². The van der Waals surface area contributed by atoms with Crippen molar-refractivity contribution in [2.75, 3.05) is 23.7 Å². The summed E-state index contributed by atoms with van der Waals surface area (Å²) >= 11 is 1.67. The van der Waals surface area contributed by atoms with Crippen LogP contribution < -0.4 is 10.6 Å². The molecule has 21 heavy (non-hydrogen) atoms. The minimum absolute atomic E-state index is 0.347. The highest BCUT2D eigenvalue weighted by molar-refractivity contribution is 7.17. The average Bonchev–Trinajstić information content (AvgIpc) is 3.17. The van der Waals surface area contributed by atoms with E-state index in [1.807, 2.05) is 17.6 Å². The van der Waals surface area contributed by atoms with Gasteiger partial charge in [-0.1, -0.05) is 0 Å². The number of nitrogens with one attached hydrogen (secondary N) is 1. The van der Waals surface area contributed by atoms with Crippen LogP contribution >= 0.6 is 11.3 Å². The molecule has 1 aliphatic heterocycles. The summed E-state index contributed by atoms with van der Waals surface area (Å²) in [5.74, 6) is 1.78. The Morgan fingerprint density at radius 2 is 2.29 bits per heavy atom. The van der Waals surface area contributed by atoms with Crippen molar-refractivity contribution in [3.05, 3.63) is 29.4 Å². The maximum atomic E-state index is 5.86. The van der Waals surface area contributed by atoms with Gasteiger partial charge in [0.05, 0.1) is 10.2 Å². The second-order valence-corrected chi connectivity index (χ2v) is 6.25. The summed E-state index contributed by atoms with van der Waals surface area (Å²) in [5.41, 5.74) is 7.99. The largest absolute Gasteiger partial charge is 0.368 e. The second kappa shape index (κ2) is 5.00. The van der Waals surface area contributed by atoms with E-state index in [9.17, 15) is 0 Å². The zero-order valence-corrected chi connectivity index (χ0v) is 12.3. The molecule has 1 aliphatic rings. The number of thiophene rings is 1. The summed E-state index contributed by atoms with van der Waals surface area (Å²) < 4.78 is 1.12. The molecule has 1 unspecified atom stereocenters. The van der Waals surface area contributed by atoms with E-state index in [-0.39, 0.29) is 0 Å². The first-order valence-electron chi connectivity index (χ1n) is 7.06. The Morgan fingerprint density at radius 1 is 1.33 bits per heavy atom. The zero-order chi connectivity index (χ0) is 14.2. The molecule has 1 atom stereocenters. The number of H-pyrrole nitrogens is 1. The standard InChI is InChI=1S/C14H16N6S/c15-14-17-11-4-7-21-12(11)13(18-14)20-6-1-2-9(8-20)10-3-5-16-19-10/h3-5,7,9H,1-2,6,8H2,(H,16,19)(H2,15,17,18). The first-order valence-corrected chi connectivity index (χ1v) is 7.94. The lowest BCUT2D eigenvalue weighted by molar-refractivity contribution is 0.499. The van der Waals surface area contributed by atoms with Gasteiger partial charge in [-0.05, 0) is 30.4 Å². The zero-order valence-electron chi connectivity index (χ0n) is 11.5. The third-order valence-electron chi connectivity index (χ3n) is 3.99. The fraction of sp³-hybridized carbons (Fsp3) is 0.357. The van der Waals surface area contributed by atoms with Crippen LogP contribution in [-0.4, -0.2) is 33.3 Å². The summed E-state index contributed by atoms with van der Waals surface area (Å²) in [4.78, 5) is 11.1. The van der Waals surface area contributed by atoms with Crippen molar-refractivity contribution in [3.63, 3.8) is 0 Å². The van der Waals surface area contributed by atoms with Crippen molar-refractivity contribution in [3.8, 4) is 0 Å². The van der Waals surface area contributed by atoms with Crippen molar-refractivity contribution in [1.29, 1.82) is 0 Å². The molecule has 4 rings (SSSR count). The Kier molecular flexibility index (Phi) is 2.99. The summed E-state index contributed by atoms with van der Waals surface area (Å²) in [6, 6.07) is 4.06. The van der Waals surface area contributed by atoms with Crippen LogP contribution in [0, 0.1) is 0 Å². The van der Waals surface area contributed by atoms with E-state index in [0.29, 0.717) is 11.9 Å². The molecule has 0 bridgehead atoms. The van der Waals surface area contributed by atoms with Gasteiger partial charge < -0.3 is 10.6 Å².